The summed E-state index contributed by atoms with van der Waals surface area (Å²) in [5, 5.41) is 11.9. The van der Waals surface area contributed by atoms with E-state index in [1.54, 1.807) is 4.90 Å². The molecule has 31 heavy (non-hydrogen) atoms. The molecule has 10 heteroatoms. The second-order valence-electron chi connectivity index (χ2n) is 7.15. The number of hydrogen-bond donors (Lipinski definition) is 0. The molecule has 0 radical (unpaired) electrons. The molecular formula is C21H21ClN4O4S. The smallest absolute Gasteiger partial charge is 0.270 e. The van der Waals surface area contributed by atoms with Gasteiger partial charge in [-0.15, -0.1) is 0 Å². The van der Waals surface area contributed by atoms with Gasteiger partial charge in [-0.25, -0.2) is 4.98 Å². The molecule has 0 atom stereocenters. The number of nitrogens with zero attached hydrogens (tertiary/aromatic N) is 4. The van der Waals surface area contributed by atoms with Gasteiger partial charge in [0.05, 0.1) is 38.9 Å². The van der Waals surface area contributed by atoms with Gasteiger partial charge in [-0.3, -0.25) is 24.7 Å². The van der Waals surface area contributed by atoms with Gasteiger partial charge in [-0.2, -0.15) is 0 Å². The van der Waals surface area contributed by atoms with Gasteiger partial charge in [-0.05, 0) is 24.6 Å². The number of morpholine rings is 1. The number of fused-ring (bicyclic) bond motifs is 1. The zero-order valence-corrected chi connectivity index (χ0v) is 18.3. The Morgan fingerprint density at radius 1 is 1.26 bits per heavy atom. The van der Waals surface area contributed by atoms with Crippen LogP contribution >= 0.6 is 22.9 Å². The van der Waals surface area contributed by atoms with Crippen molar-refractivity contribution in [3.8, 4) is 0 Å². The first-order valence-electron chi connectivity index (χ1n) is 9.94. The van der Waals surface area contributed by atoms with Crippen molar-refractivity contribution in [3.05, 3.63) is 63.2 Å². The van der Waals surface area contributed by atoms with Crippen molar-refractivity contribution in [1.29, 1.82) is 0 Å². The van der Waals surface area contributed by atoms with E-state index in [9.17, 15) is 14.9 Å². The highest BCUT2D eigenvalue weighted by molar-refractivity contribution is 7.22. The number of carbonyl (C=O) groups is 1. The van der Waals surface area contributed by atoms with Crippen LogP contribution in [0, 0.1) is 10.1 Å². The molecule has 0 bridgehead atoms. The lowest BCUT2D eigenvalue weighted by atomic mass is 10.1. The maximum atomic E-state index is 13.5. The first-order valence-corrected chi connectivity index (χ1v) is 11.1. The van der Waals surface area contributed by atoms with E-state index in [2.05, 4.69) is 9.88 Å². The molecule has 0 unspecified atom stereocenters. The summed E-state index contributed by atoms with van der Waals surface area (Å²) in [6.07, 6.45) is 0.730. The molecule has 1 amide bonds. The van der Waals surface area contributed by atoms with Crippen LogP contribution in [0.4, 0.5) is 10.8 Å². The maximum Gasteiger partial charge on any atom is 0.270 e. The van der Waals surface area contributed by atoms with E-state index in [4.69, 9.17) is 16.3 Å². The largest absolute Gasteiger partial charge is 0.379 e. The molecule has 4 rings (SSSR count). The molecule has 2 aromatic carbocycles. The van der Waals surface area contributed by atoms with E-state index in [0.717, 1.165) is 36.3 Å². The van der Waals surface area contributed by atoms with Crippen LogP contribution in [-0.4, -0.2) is 60.1 Å². The van der Waals surface area contributed by atoms with Crippen LogP contribution < -0.4 is 4.90 Å². The molecule has 0 spiro atoms. The molecule has 1 aliphatic heterocycles. The summed E-state index contributed by atoms with van der Waals surface area (Å²) in [6.45, 7) is 4.40. The fourth-order valence-electron chi connectivity index (χ4n) is 3.47. The number of halogens is 1. The predicted molar refractivity (Wildman–Crippen MR) is 121 cm³/mol. The number of ether oxygens (including phenoxy) is 1. The SMILES string of the molecule is O=C(c1cc([N+](=O)[O-])ccc1Cl)N(CCCN1CCOCC1)c1nc2ccccc2s1. The van der Waals surface area contributed by atoms with Gasteiger partial charge in [0.1, 0.15) is 0 Å². The molecule has 0 aliphatic carbocycles. The van der Waals surface area contributed by atoms with Gasteiger partial charge in [0.15, 0.2) is 5.13 Å². The standard InChI is InChI=1S/C21H21ClN4O4S/c22-17-7-6-15(26(28)29)14-16(17)20(27)25(9-3-8-24-10-12-30-13-11-24)21-23-18-4-1-2-5-19(18)31-21/h1-2,4-7,14H,3,8-13H2. The summed E-state index contributed by atoms with van der Waals surface area (Å²) in [5.41, 5.74) is 0.727. The highest BCUT2D eigenvalue weighted by Gasteiger charge is 2.25. The van der Waals surface area contributed by atoms with E-state index >= 15 is 0 Å². The average Bonchev–Trinajstić information content (AvgIpc) is 3.21. The van der Waals surface area contributed by atoms with E-state index in [1.807, 2.05) is 24.3 Å². The molecule has 0 saturated carbocycles. The molecule has 1 aromatic heterocycles. The van der Waals surface area contributed by atoms with Crippen molar-refractivity contribution in [2.45, 2.75) is 6.42 Å². The van der Waals surface area contributed by atoms with Crippen molar-refractivity contribution in [3.63, 3.8) is 0 Å². The highest BCUT2D eigenvalue weighted by Crippen LogP contribution is 2.31. The zero-order chi connectivity index (χ0) is 21.8. The molecule has 3 aromatic rings. The first-order chi connectivity index (χ1) is 15.0. The van der Waals surface area contributed by atoms with E-state index in [-0.39, 0.29) is 16.3 Å². The molecule has 1 fully saturated rings. The van der Waals surface area contributed by atoms with Gasteiger partial charge < -0.3 is 4.74 Å². The van der Waals surface area contributed by atoms with Crippen LogP contribution in [-0.2, 0) is 4.74 Å². The summed E-state index contributed by atoms with van der Waals surface area (Å²) in [4.78, 5) is 32.6. The number of nitro benzene ring substituents is 1. The number of thiazole rings is 1. The van der Waals surface area contributed by atoms with Crippen molar-refractivity contribution in [2.75, 3.05) is 44.3 Å². The van der Waals surface area contributed by atoms with Crippen LogP contribution in [0.5, 0.6) is 0 Å². The molecule has 162 valence electrons. The number of aromatic nitrogens is 1. The summed E-state index contributed by atoms with van der Waals surface area (Å²) in [5.74, 6) is -0.394. The van der Waals surface area contributed by atoms with E-state index in [1.165, 1.54) is 29.5 Å². The van der Waals surface area contributed by atoms with E-state index in [0.29, 0.717) is 24.9 Å². The monoisotopic (exact) mass is 460 g/mol. The van der Waals surface area contributed by atoms with Gasteiger partial charge in [-0.1, -0.05) is 35.1 Å². The Morgan fingerprint density at radius 3 is 2.77 bits per heavy atom. The summed E-state index contributed by atoms with van der Waals surface area (Å²) in [7, 11) is 0. The third kappa shape index (κ3) is 5.01. The second-order valence-corrected chi connectivity index (χ2v) is 8.57. The fraction of sp³-hybridized carbons (Fsp3) is 0.333. The Balaban J connectivity index is 1.61. The van der Waals surface area contributed by atoms with Gasteiger partial charge in [0.2, 0.25) is 0 Å². The average molecular weight is 461 g/mol. The Hall–Kier alpha value is -2.59. The van der Waals surface area contributed by atoms with Crippen LogP contribution in [0.3, 0.4) is 0 Å². The Labute approximate surface area is 188 Å². The molecular weight excluding hydrogens is 440 g/mol. The topological polar surface area (TPSA) is 88.8 Å². The third-order valence-electron chi connectivity index (χ3n) is 5.11. The number of para-hydroxylation sites is 1. The number of hydrogen-bond acceptors (Lipinski definition) is 7. The second kappa shape index (κ2) is 9.69. The van der Waals surface area contributed by atoms with Crippen LogP contribution in [0.1, 0.15) is 16.8 Å². The minimum atomic E-state index is -0.534. The van der Waals surface area contributed by atoms with Crippen molar-refractivity contribution < 1.29 is 14.5 Å². The summed E-state index contributed by atoms with van der Waals surface area (Å²) >= 11 is 7.67. The summed E-state index contributed by atoms with van der Waals surface area (Å²) < 4.78 is 6.35. The van der Waals surface area contributed by atoms with Crippen LogP contribution in [0.2, 0.25) is 5.02 Å². The molecule has 0 N–H and O–H groups in total. The number of amides is 1. The van der Waals surface area contributed by atoms with Crippen molar-refractivity contribution in [1.82, 2.24) is 9.88 Å². The van der Waals surface area contributed by atoms with Gasteiger partial charge in [0, 0.05) is 38.3 Å². The Kier molecular flexibility index (Phi) is 6.77. The fourth-order valence-corrected chi connectivity index (χ4v) is 4.66. The normalized spacial score (nSPS) is 14.6. The maximum absolute atomic E-state index is 13.5. The zero-order valence-electron chi connectivity index (χ0n) is 16.7. The summed E-state index contributed by atoms with van der Waals surface area (Å²) in [6, 6.07) is 11.6. The minimum absolute atomic E-state index is 0.0986. The predicted octanol–water partition coefficient (Wildman–Crippen LogP) is 4.23. The third-order valence-corrected chi connectivity index (χ3v) is 6.50. The number of carbonyl (C=O) groups excluding carboxylic acids is 1. The van der Waals surface area contributed by atoms with Gasteiger partial charge in [0.25, 0.3) is 11.6 Å². The number of benzene rings is 2. The van der Waals surface area contributed by atoms with Gasteiger partial charge >= 0.3 is 0 Å². The van der Waals surface area contributed by atoms with Crippen molar-refractivity contribution in [2.24, 2.45) is 0 Å². The number of anilines is 1. The molecule has 8 nitrogen and oxygen atoms in total. The molecule has 1 saturated heterocycles. The minimum Gasteiger partial charge on any atom is -0.379 e. The van der Waals surface area contributed by atoms with Crippen LogP contribution in [0.25, 0.3) is 10.2 Å². The Morgan fingerprint density at radius 2 is 2.03 bits per heavy atom. The Bertz CT molecular complexity index is 1070. The number of nitro groups is 1. The lowest BCUT2D eigenvalue weighted by Gasteiger charge is -2.27. The quantitative estimate of drug-likeness (QED) is 0.387. The first kappa shape index (κ1) is 21.6. The van der Waals surface area contributed by atoms with Crippen molar-refractivity contribution >= 4 is 49.9 Å². The lowest BCUT2D eigenvalue weighted by Crippen LogP contribution is -2.39. The number of rotatable bonds is 7. The van der Waals surface area contributed by atoms with Crippen LogP contribution in [0.15, 0.2) is 42.5 Å². The lowest BCUT2D eigenvalue weighted by molar-refractivity contribution is -0.384. The van der Waals surface area contributed by atoms with E-state index < -0.39 is 10.8 Å². The highest BCUT2D eigenvalue weighted by atomic mass is 35.5. The molecule has 2 heterocycles. The molecule has 1 aliphatic rings. The number of non-ortho nitro benzene ring substituents is 1.